The zero-order valence-corrected chi connectivity index (χ0v) is 23.4. The summed E-state index contributed by atoms with van der Waals surface area (Å²) in [6.45, 7) is 6.36. The Bertz CT molecular complexity index is 1130. The van der Waals surface area contributed by atoms with Crippen molar-refractivity contribution in [3.8, 4) is 0 Å². The average Bonchev–Trinajstić information content (AvgIpc) is 2.92. The molecule has 0 atom stereocenters. The van der Waals surface area contributed by atoms with Crippen LogP contribution < -0.4 is 26.6 Å². The lowest BCUT2D eigenvalue weighted by atomic mass is 10.0. The van der Waals surface area contributed by atoms with Crippen LogP contribution in [-0.2, 0) is 4.79 Å². The number of hydrogen-bond acceptors (Lipinski definition) is 4. The average molecular weight is 577 g/mol. The van der Waals surface area contributed by atoms with Crippen molar-refractivity contribution in [2.75, 3.05) is 36.8 Å². The van der Waals surface area contributed by atoms with E-state index >= 15 is 0 Å². The summed E-state index contributed by atoms with van der Waals surface area (Å²) < 4.78 is 36.7. The SMILES string of the molecule is Cc1ccc(NC(=O)NC2CCN(C(=O)CC(F)(F)F)CC2)cc1.Cc1ccc(NC(=O)NC2CCNCC2)cc1. The van der Waals surface area contributed by atoms with E-state index in [1.54, 1.807) is 12.1 Å². The standard InChI is InChI=1S/C16H20F3N3O2.C13H19N3O/c1-11-2-4-12(5-3-11)20-15(24)21-13-6-8-22(9-7-13)14(23)10-16(17,18)19;1-10-2-4-11(5-3-10)15-13(17)16-12-6-8-14-9-7-12/h2-5,13H,6-10H2,1H3,(H2,20,21,24);2-5,12,14H,6-9H2,1H3,(H2,15,16,17). The molecule has 0 unspecified atom stereocenters. The van der Waals surface area contributed by atoms with Crippen LogP contribution in [0.15, 0.2) is 48.5 Å². The smallest absolute Gasteiger partial charge is 0.342 e. The maximum atomic E-state index is 12.2. The number of alkyl halides is 3. The molecule has 0 spiro atoms. The van der Waals surface area contributed by atoms with Crippen LogP contribution in [0.2, 0.25) is 0 Å². The van der Waals surface area contributed by atoms with E-state index in [1.807, 2.05) is 50.2 Å². The summed E-state index contributed by atoms with van der Waals surface area (Å²) in [5, 5.41) is 14.6. The lowest BCUT2D eigenvalue weighted by Crippen LogP contribution is -2.48. The van der Waals surface area contributed by atoms with Crippen LogP contribution >= 0.6 is 0 Å². The predicted octanol–water partition coefficient (Wildman–Crippen LogP) is 4.93. The molecule has 0 radical (unpaired) electrons. The molecule has 2 fully saturated rings. The summed E-state index contributed by atoms with van der Waals surface area (Å²) in [4.78, 5) is 36.4. The van der Waals surface area contributed by atoms with E-state index < -0.39 is 18.5 Å². The third kappa shape index (κ3) is 12.1. The zero-order chi connectivity index (χ0) is 29.8. The normalized spacial score (nSPS) is 16.2. The first-order chi connectivity index (χ1) is 19.5. The van der Waals surface area contributed by atoms with E-state index in [0.717, 1.165) is 37.2 Å². The highest BCUT2D eigenvalue weighted by molar-refractivity contribution is 5.90. The van der Waals surface area contributed by atoms with Gasteiger partial charge in [0.2, 0.25) is 5.91 Å². The number of rotatable bonds is 5. The van der Waals surface area contributed by atoms with Crippen molar-refractivity contribution in [2.45, 2.75) is 64.2 Å². The monoisotopic (exact) mass is 576 g/mol. The van der Waals surface area contributed by atoms with Crippen molar-refractivity contribution in [1.82, 2.24) is 20.9 Å². The molecule has 12 heteroatoms. The van der Waals surface area contributed by atoms with Crippen molar-refractivity contribution in [3.05, 3.63) is 59.7 Å². The van der Waals surface area contributed by atoms with Gasteiger partial charge in [0.25, 0.3) is 0 Å². The fourth-order valence-electron chi connectivity index (χ4n) is 4.50. The Morgan fingerprint density at radius 1 is 0.756 bits per heavy atom. The fraction of sp³-hybridized carbons (Fsp3) is 0.483. The summed E-state index contributed by atoms with van der Waals surface area (Å²) >= 11 is 0. The van der Waals surface area contributed by atoms with E-state index in [0.29, 0.717) is 24.6 Å². The van der Waals surface area contributed by atoms with Crippen molar-refractivity contribution >= 4 is 29.3 Å². The Morgan fingerprint density at radius 2 is 1.17 bits per heavy atom. The molecule has 2 saturated heterocycles. The number of hydrogen-bond donors (Lipinski definition) is 5. The Kier molecular flexibility index (Phi) is 11.8. The molecular formula is C29H39F3N6O3. The molecule has 2 aliphatic heterocycles. The molecule has 5 N–H and O–H groups in total. The molecular weight excluding hydrogens is 537 g/mol. The minimum absolute atomic E-state index is 0.110. The second kappa shape index (κ2) is 15.3. The summed E-state index contributed by atoms with van der Waals surface area (Å²) in [7, 11) is 0. The largest absolute Gasteiger partial charge is 0.397 e. The van der Waals surface area contributed by atoms with Crippen LogP contribution in [0.1, 0.15) is 43.2 Å². The molecule has 0 aromatic heterocycles. The molecule has 5 amide bonds. The van der Waals surface area contributed by atoms with E-state index in [4.69, 9.17) is 0 Å². The number of benzene rings is 2. The molecule has 0 saturated carbocycles. The summed E-state index contributed by atoms with van der Waals surface area (Å²) in [6, 6.07) is 14.8. The Balaban J connectivity index is 0.000000239. The first-order valence-corrected chi connectivity index (χ1v) is 13.8. The molecule has 9 nitrogen and oxygen atoms in total. The molecule has 2 aliphatic rings. The van der Waals surface area contributed by atoms with Crippen LogP contribution in [0.5, 0.6) is 0 Å². The fourth-order valence-corrected chi connectivity index (χ4v) is 4.50. The maximum absolute atomic E-state index is 12.2. The van der Waals surface area contributed by atoms with Gasteiger partial charge < -0.3 is 31.5 Å². The summed E-state index contributed by atoms with van der Waals surface area (Å²) in [6.07, 6.45) is -3.04. The molecule has 2 aromatic rings. The van der Waals surface area contributed by atoms with E-state index in [9.17, 15) is 27.6 Å². The predicted molar refractivity (Wildman–Crippen MR) is 153 cm³/mol. The number of halogens is 3. The number of amides is 5. The first-order valence-electron chi connectivity index (χ1n) is 13.8. The van der Waals surface area contributed by atoms with Crippen LogP contribution in [0.25, 0.3) is 0 Å². The van der Waals surface area contributed by atoms with E-state index in [1.165, 1.54) is 10.5 Å². The third-order valence-corrected chi connectivity index (χ3v) is 6.83. The number of anilines is 2. The number of likely N-dealkylation sites (tertiary alicyclic amines) is 1. The number of piperidine rings is 2. The first kappa shape index (κ1) is 31.7. The third-order valence-electron chi connectivity index (χ3n) is 6.83. The van der Waals surface area contributed by atoms with Crippen molar-refractivity contribution < 1.29 is 27.6 Å². The lowest BCUT2D eigenvalue weighted by Gasteiger charge is -2.32. The van der Waals surface area contributed by atoms with Gasteiger partial charge in [0, 0.05) is 36.5 Å². The van der Waals surface area contributed by atoms with Gasteiger partial charge in [0.15, 0.2) is 0 Å². The lowest BCUT2D eigenvalue weighted by molar-refractivity contribution is -0.162. The van der Waals surface area contributed by atoms with Gasteiger partial charge in [-0.05, 0) is 76.9 Å². The van der Waals surface area contributed by atoms with Gasteiger partial charge >= 0.3 is 18.2 Å². The number of nitrogens with one attached hydrogen (secondary N) is 5. The minimum atomic E-state index is -4.49. The molecule has 2 aromatic carbocycles. The van der Waals surface area contributed by atoms with Crippen LogP contribution in [0.4, 0.5) is 34.1 Å². The highest BCUT2D eigenvalue weighted by Gasteiger charge is 2.34. The van der Waals surface area contributed by atoms with Crippen molar-refractivity contribution in [2.24, 2.45) is 0 Å². The Morgan fingerprint density at radius 3 is 1.59 bits per heavy atom. The second-order valence-electron chi connectivity index (χ2n) is 10.4. The minimum Gasteiger partial charge on any atom is -0.342 e. The van der Waals surface area contributed by atoms with Crippen LogP contribution in [0.3, 0.4) is 0 Å². The molecule has 2 heterocycles. The van der Waals surface area contributed by atoms with Gasteiger partial charge in [-0.1, -0.05) is 35.4 Å². The second-order valence-corrected chi connectivity index (χ2v) is 10.4. The topological polar surface area (TPSA) is 115 Å². The highest BCUT2D eigenvalue weighted by Crippen LogP contribution is 2.22. The van der Waals surface area contributed by atoms with Gasteiger partial charge in [-0.3, -0.25) is 4.79 Å². The summed E-state index contributed by atoms with van der Waals surface area (Å²) in [5.74, 6) is -0.912. The molecule has 0 aliphatic carbocycles. The molecule has 0 bridgehead atoms. The van der Waals surface area contributed by atoms with E-state index in [-0.39, 0.29) is 31.2 Å². The van der Waals surface area contributed by atoms with Crippen molar-refractivity contribution in [1.29, 1.82) is 0 Å². The molecule has 41 heavy (non-hydrogen) atoms. The number of carbonyl (C=O) groups excluding carboxylic acids is 3. The zero-order valence-electron chi connectivity index (χ0n) is 23.4. The molecule has 4 rings (SSSR count). The summed E-state index contributed by atoms with van der Waals surface area (Å²) in [5.41, 5.74) is 3.77. The quantitative estimate of drug-likeness (QED) is 0.347. The van der Waals surface area contributed by atoms with Crippen LogP contribution in [-0.4, -0.2) is 67.3 Å². The van der Waals surface area contributed by atoms with Gasteiger partial charge in [-0.25, -0.2) is 9.59 Å². The van der Waals surface area contributed by atoms with Crippen LogP contribution in [0, 0.1) is 13.8 Å². The van der Waals surface area contributed by atoms with Gasteiger partial charge in [-0.2, -0.15) is 13.2 Å². The maximum Gasteiger partial charge on any atom is 0.397 e. The Labute approximate surface area is 238 Å². The number of carbonyl (C=O) groups is 3. The van der Waals surface area contributed by atoms with Gasteiger partial charge in [0.1, 0.15) is 6.42 Å². The highest BCUT2D eigenvalue weighted by atomic mass is 19.4. The number of urea groups is 2. The number of aryl methyl sites for hydroxylation is 2. The van der Waals surface area contributed by atoms with Gasteiger partial charge in [0.05, 0.1) is 0 Å². The Hall–Kier alpha value is -3.80. The molecule has 224 valence electrons. The van der Waals surface area contributed by atoms with Gasteiger partial charge in [-0.15, -0.1) is 0 Å². The van der Waals surface area contributed by atoms with Crippen molar-refractivity contribution in [3.63, 3.8) is 0 Å². The van der Waals surface area contributed by atoms with E-state index in [2.05, 4.69) is 26.6 Å². The number of nitrogens with zero attached hydrogens (tertiary/aromatic N) is 1.